The summed E-state index contributed by atoms with van der Waals surface area (Å²) in [5.74, 6) is 1.40. The Morgan fingerprint density at radius 1 is 1.17 bits per heavy atom. The first-order valence-electron chi connectivity index (χ1n) is 7.56. The molecule has 120 valence electrons. The lowest BCUT2D eigenvalue weighted by Gasteiger charge is -2.21. The van der Waals surface area contributed by atoms with Crippen molar-refractivity contribution in [2.24, 2.45) is 0 Å². The third-order valence-electron chi connectivity index (χ3n) is 3.75. The first-order valence-corrected chi connectivity index (χ1v) is 7.93. The minimum absolute atomic E-state index is 0.0690. The number of amides is 1. The number of benzene rings is 2. The van der Waals surface area contributed by atoms with Gasteiger partial charge in [0.15, 0.2) is 11.5 Å². The van der Waals surface area contributed by atoms with E-state index in [2.05, 4.69) is 5.32 Å². The molecule has 3 rings (SSSR count). The van der Waals surface area contributed by atoms with Gasteiger partial charge < -0.3 is 14.8 Å². The van der Waals surface area contributed by atoms with Crippen LogP contribution in [0.3, 0.4) is 0 Å². The van der Waals surface area contributed by atoms with Crippen molar-refractivity contribution >= 4 is 17.5 Å². The molecule has 0 saturated carbocycles. The molecular formula is C18H18ClNO3. The van der Waals surface area contributed by atoms with Crippen molar-refractivity contribution in [3.05, 3.63) is 58.6 Å². The van der Waals surface area contributed by atoms with Crippen LogP contribution in [-0.4, -0.2) is 19.1 Å². The number of nitrogens with one attached hydrogen (secondary N) is 1. The lowest BCUT2D eigenvalue weighted by atomic mass is 10.1. The highest BCUT2D eigenvalue weighted by molar-refractivity contribution is 6.31. The topological polar surface area (TPSA) is 47.6 Å². The van der Waals surface area contributed by atoms with Gasteiger partial charge in [-0.05, 0) is 36.2 Å². The average molecular weight is 332 g/mol. The summed E-state index contributed by atoms with van der Waals surface area (Å²) in [6.07, 6.45) is 0.258. The SMILES string of the molecule is C[C@@H](NC(=O)Cc1ccccc1Cl)c1ccc2c(c1)OCCO2. The van der Waals surface area contributed by atoms with Crippen LogP contribution >= 0.6 is 11.6 Å². The first kappa shape index (κ1) is 15.7. The molecular weight excluding hydrogens is 314 g/mol. The van der Waals surface area contributed by atoms with Crippen molar-refractivity contribution in [1.82, 2.24) is 5.32 Å². The van der Waals surface area contributed by atoms with E-state index in [0.29, 0.717) is 18.2 Å². The molecule has 1 heterocycles. The normalized spacial score (nSPS) is 14.2. The standard InChI is InChI=1S/C18H18ClNO3/c1-12(13-6-7-16-17(10-13)23-9-8-22-16)20-18(21)11-14-4-2-3-5-15(14)19/h2-7,10,12H,8-9,11H2,1H3,(H,20,21)/t12-/m1/s1. The third kappa shape index (κ3) is 3.77. The Morgan fingerprint density at radius 3 is 2.70 bits per heavy atom. The number of carbonyl (C=O) groups excluding carboxylic acids is 1. The van der Waals surface area contributed by atoms with Crippen molar-refractivity contribution < 1.29 is 14.3 Å². The Bertz CT molecular complexity index is 717. The van der Waals surface area contributed by atoms with E-state index in [9.17, 15) is 4.79 Å². The van der Waals surface area contributed by atoms with Crippen molar-refractivity contribution in [1.29, 1.82) is 0 Å². The van der Waals surface area contributed by atoms with Gasteiger partial charge in [0.2, 0.25) is 5.91 Å². The van der Waals surface area contributed by atoms with Gasteiger partial charge >= 0.3 is 0 Å². The van der Waals surface area contributed by atoms with E-state index in [0.717, 1.165) is 22.6 Å². The monoisotopic (exact) mass is 331 g/mol. The molecule has 0 bridgehead atoms. The highest BCUT2D eigenvalue weighted by Crippen LogP contribution is 2.32. The zero-order valence-corrected chi connectivity index (χ0v) is 13.6. The third-order valence-corrected chi connectivity index (χ3v) is 4.12. The Kier molecular flexibility index (Phi) is 4.72. The predicted molar refractivity (Wildman–Crippen MR) is 89.1 cm³/mol. The zero-order chi connectivity index (χ0) is 16.2. The second kappa shape index (κ2) is 6.92. The number of hydrogen-bond donors (Lipinski definition) is 1. The minimum Gasteiger partial charge on any atom is -0.486 e. The molecule has 1 aliphatic rings. The molecule has 0 aromatic heterocycles. The van der Waals surface area contributed by atoms with Crippen molar-refractivity contribution in [2.45, 2.75) is 19.4 Å². The van der Waals surface area contributed by atoms with Crippen LogP contribution in [0.4, 0.5) is 0 Å². The molecule has 1 N–H and O–H groups in total. The summed E-state index contributed by atoms with van der Waals surface area (Å²) in [6.45, 7) is 3.05. The maximum atomic E-state index is 12.2. The number of ether oxygens (including phenoxy) is 2. The highest BCUT2D eigenvalue weighted by atomic mass is 35.5. The highest BCUT2D eigenvalue weighted by Gasteiger charge is 2.16. The van der Waals surface area contributed by atoms with Gasteiger partial charge in [0.1, 0.15) is 13.2 Å². The van der Waals surface area contributed by atoms with E-state index in [1.807, 2.05) is 43.3 Å². The fourth-order valence-corrected chi connectivity index (χ4v) is 2.72. The van der Waals surface area contributed by atoms with Crippen LogP contribution < -0.4 is 14.8 Å². The van der Waals surface area contributed by atoms with Crippen molar-refractivity contribution in [2.75, 3.05) is 13.2 Å². The van der Waals surface area contributed by atoms with E-state index < -0.39 is 0 Å². The van der Waals surface area contributed by atoms with Crippen LogP contribution in [0.1, 0.15) is 24.1 Å². The van der Waals surface area contributed by atoms with Gasteiger partial charge in [-0.2, -0.15) is 0 Å². The smallest absolute Gasteiger partial charge is 0.224 e. The number of hydrogen-bond acceptors (Lipinski definition) is 3. The molecule has 0 aliphatic carbocycles. The van der Waals surface area contributed by atoms with Crippen LogP contribution in [0.5, 0.6) is 11.5 Å². The minimum atomic E-state index is -0.124. The van der Waals surface area contributed by atoms with Gasteiger partial charge in [-0.15, -0.1) is 0 Å². The number of halogens is 1. The molecule has 23 heavy (non-hydrogen) atoms. The van der Waals surface area contributed by atoms with Gasteiger partial charge in [-0.25, -0.2) is 0 Å². The molecule has 0 spiro atoms. The molecule has 1 amide bonds. The summed E-state index contributed by atoms with van der Waals surface area (Å²) >= 11 is 6.09. The lowest BCUT2D eigenvalue weighted by molar-refractivity contribution is -0.121. The average Bonchev–Trinajstić information content (AvgIpc) is 2.56. The summed E-state index contributed by atoms with van der Waals surface area (Å²) in [7, 11) is 0. The fraction of sp³-hybridized carbons (Fsp3) is 0.278. The molecule has 5 heteroatoms. The van der Waals surface area contributed by atoms with Crippen LogP contribution in [-0.2, 0) is 11.2 Å². The molecule has 4 nitrogen and oxygen atoms in total. The van der Waals surface area contributed by atoms with Crippen LogP contribution in [0.25, 0.3) is 0 Å². The van der Waals surface area contributed by atoms with E-state index in [1.165, 1.54) is 0 Å². The molecule has 0 saturated heterocycles. The second-order valence-corrected chi connectivity index (χ2v) is 5.87. The van der Waals surface area contributed by atoms with Gasteiger partial charge in [0, 0.05) is 5.02 Å². The Hall–Kier alpha value is -2.20. The van der Waals surface area contributed by atoms with E-state index >= 15 is 0 Å². The maximum absolute atomic E-state index is 12.2. The van der Waals surface area contributed by atoms with Gasteiger partial charge in [0.25, 0.3) is 0 Å². The molecule has 0 radical (unpaired) electrons. The number of fused-ring (bicyclic) bond motifs is 1. The Balaban J connectivity index is 1.65. The predicted octanol–water partition coefficient (Wildman–Crippen LogP) is 3.53. The van der Waals surface area contributed by atoms with Gasteiger partial charge in [0.05, 0.1) is 12.5 Å². The summed E-state index contributed by atoms with van der Waals surface area (Å²) < 4.78 is 11.1. The lowest BCUT2D eigenvalue weighted by Crippen LogP contribution is -2.28. The summed E-state index contributed by atoms with van der Waals surface area (Å²) in [4.78, 5) is 12.2. The van der Waals surface area contributed by atoms with Crippen LogP contribution in [0.15, 0.2) is 42.5 Å². The second-order valence-electron chi connectivity index (χ2n) is 5.46. The maximum Gasteiger partial charge on any atom is 0.224 e. The molecule has 1 aliphatic heterocycles. The molecule has 1 atom stereocenters. The van der Waals surface area contributed by atoms with Crippen LogP contribution in [0.2, 0.25) is 5.02 Å². The number of rotatable bonds is 4. The van der Waals surface area contributed by atoms with Gasteiger partial charge in [-0.3, -0.25) is 4.79 Å². The number of carbonyl (C=O) groups is 1. The van der Waals surface area contributed by atoms with Gasteiger partial charge in [-0.1, -0.05) is 35.9 Å². The van der Waals surface area contributed by atoms with E-state index in [-0.39, 0.29) is 18.4 Å². The Morgan fingerprint density at radius 2 is 1.91 bits per heavy atom. The van der Waals surface area contributed by atoms with E-state index in [4.69, 9.17) is 21.1 Å². The van der Waals surface area contributed by atoms with Crippen LogP contribution in [0, 0.1) is 0 Å². The summed E-state index contributed by atoms with van der Waals surface area (Å²) in [5.41, 5.74) is 1.79. The van der Waals surface area contributed by atoms with Crippen molar-refractivity contribution in [3.63, 3.8) is 0 Å². The molecule has 0 fully saturated rings. The molecule has 2 aromatic rings. The zero-order valence-electron chi connectivity index (χ0n) is 12.8. The molecule has 2 aromatic carbocycles. The van der Waals surface area contributed by atoms with E-state index in [1.54, 1.807) is 6.07 Å². The molecule has 0 unspecified atom stereocenters. The fourth-order valence-electron chi connectivity index (χ4n) is 2.52. The first-order chi connectivity index (χ1) is 11.1. The summed E-state index contributed by atoms with van der Waals surface area (Å²) in [5, 5.41) is 3.59. The largest absolute Gasteiger partial charge is 0.486 e. The quantitative estimate of drug-likeness (QED) is 0.932. The summed E-state index contributed by atoms with van der Waals surface area (Å²) in [6, 6.07) is 13.0. The van der Waals surface area contributed by atoms with Crippen molar-refractivity contribution in [3.8, 4) is 11.5 Å². The Labute approximate surface area is 140 Å².